The molecule has 0 saturated heterocycles. The number of hydrogen-bond donors (Lipinski definition) is 8. The standard InChI is InChI=1S/C59H96N10O11S/c1-15-43-35-45(81(76,77)67-55(73)41(6)34-47(39(2)3)63-36-49(58(8,9)10)68(14)37-48(61-13)59(11,12)44-21-17-16-18-22-44)23-24-46(43)65-50(69-52(71)25-26-53(69)72)38-80-33-32-79-31-30-78-29-27-51(70)66-54(40(4)5)56(74)64-42(7)20-19-28-62-57(60)75/h16-18,21-26,34-35,39-40,42,47-50,54,61,63,65H,15,19-20,27-33,36-38H2,1-14H3,(H,64,74)(H,66,70)(H,67,73)(H3,60,62,75)/b41-34+/t42-,47?,48-,49-,50+,54-/m1/s1. The second-order valence-electron chi connectivity index (χ2n) is 23.1. The molecule has 7 amide bonds. The summed E-state index contributed by atoms with van der Waals surface area (Å²) < 4.78 is 47.0. The van der Waals surface area contributed by atoms with E-state index in [0.717, 1.165) is 23.6 Å². The molecule has 454 valence electrons. The Morgan fingerprint density at radius 2 is 1.46 bits per heavy atom. The van der Waals surface area contributed by atoms with Crippen molar-refractivity contribution >= 4 is 51.3 Å². The van der Waals surface area contributed by atoms with Crippen LogP contribution in [0.5, 0.6) is 0 Å². The van der Waals surface area contributed by atoms with E-state index in [9.17, 15) is 37.2 Å². The lowest BCUT2D eigenvalue weighted by molar-refractivity contribution is -0.140. The Hall–Kier alpha value is -5.75. The highest BCUT2D eigenvalue weighted by Gasteiger charge is 2.36. The number of primary amides is 1. The van der Waals surface area contributed by atoms with Crippen LogP contribution in [0, 0.1) is 17.3 Å². The number of nitrogens with one attached hydrogen (secondary N) is 7. The average Bonchev–Trinajstić information content (AvgIpc) is 3.75. The lowest BCUT2D eigenvalue weighted by atomic mass is 9.77. The predicted molar refractivity (Wildman–Crippen MR) is 316 cm³/mol. The number of sulfonamides is 1. The van der Waals surface area contributed by atoms with Crippen molar-refractivity contribution in [2.45, 2.75) is 155 Å². The molecular weight excluding hydrogens is 1060 g/mol. The molecule has 0 fully saturated rings. The minimum Gasteiger partial charge on any atom is -0.379 e. The van der Waals surface area contributed by atoms with Gasteiger partial charge in [0.1, 0.15) is 12.2 Å². The van der Waals surface area contributed by atoms with Crippen molar-refractivity contribution < 1.29 is 51.4 Å². The molecule has 2 aromatic carbocycles. The van der Waals surface area contributed by atoms with Crippen molar-refractivity contribution in [3.05, 3.63) is 83.5 Å². The summed E-state index contributed by atoms with van der Waals surface area (Å²) in [5.74, 6) is -2.59. The van der Waals surface area contributed by atoms with Gasteiger partial charge in [0.25, 0.3) is 27.7 Å². The first kappa shape index (κ1) is 69.5. The van der Waals surface area contributed by atoms with Crippen LogP contribution in [0.4, 0.5) is 10.5 Å². The molecule has 6 atom stereocenters. The summed E-state index contributed by atoms with van der Waals surface area (Å²) in [5, 5.41) is 18.7. The first-order valence-electron chi connectivity index (χ1n) is 28.3. The molecule has 9 N–H and O–H groups in total. The fraction of sp³-hybridized carbons (Fsp3) is 0.627. The Morgan fingerprint density at radius 1 is 0.840 bits per heavy atom. The molecule has 21 nitrogen and oxygen atoms in total. The number of likely N-dealkylation sites (N-methyl/N-ethyl adjacent to an activating group) is 2. The van der Waals surface area contributed by atoms with Gasteiger partial charge in [-0.1, -0.05) is 106 Å². The van der Waals surface area contributed by atoms with Gasteiger partial charge in [-0.25, -0.2) is 17.9 Å². The molecule has 0 spiro atoms. The molecule has 1 aliphatic heterocycles. The zero-order chi connectivity index (χ0) is 60.7. The first-order valence-corrected chi connectivity index (χ1v) is 29.7. The number of nitrogens with two attached hydrogens (primary N) is 1. The summed E-state index contributed by atoms with van der Waals surface area (Å²) in [6.07, 6.45) is 4.76. The molecule has 1 heterocycles. The highest BCUT2D eigenvalue weighted by Crippen LogP contribution is 2.30. The zero-order valence-electron chi connectivity index (χ0n) is 50.5. The normalized spacial score (nSPS) is 15.6. The van der Waals surface area contributed by atoms with Gasteiger partial charge in [0, 0.05) is 79.0 Å². The number of anilines is 1. The van der Waals surface area contributed by atoms with Crippen molar-refractivity contribution in [3.8, 4) is 0 Å². The van der Waals surface area contributed by atoms with E-state index in [1.54, 1.807) is 13.0 Å². The Morgan fingerprint density at radius 3 is 2.02 bits per heavy atom. The van der Waals surface area contributed by atoms with Gasteiger partial charge >= 0.3 is 6.03 Å². The number of ether oxygens (including phenoxy) is 3. The second kappa shape index (κ2) is 33.4. The van der Waals surface area contributed by atoms with Crippen LogP contribution in [0.2, 0.25) is 0 Å². The zero-order valence-corrected chi connectivity index (χ0v) is 51.3. The van der Waals surface area contributed by atoms with Crippen molar-refractivity contribution in [1.82, 2.24) is 41.1 Å². The third kappa shape index (κ3) is 22.8. The highest BCUT2D eigenvalue weighted by atomic mass is 32.2. The maximum absolute atomic E-state index is 13.8. The number of aryl methyl sites for hydroxylation is 1. The molecule has 81 heavy (non-hydrogen) atoms. The SMILES string of the molecule is CCc1cc(S(=O)(=O)NC(=O)/C(C)=C/C(NC[C@@H](N(C)C[C@@H](NC)C(C)(C)c2ccccc2)C(C)(C)C)C(C)C)ccc1N[C@H](COCCOCCOCCC(=O)N[C@@H](C(=O)N[C@H](C)CCCNC(N)=O)C(C)C)N1C(=O)C=CC1=O. The summed E-state index contributed by atoms with van der Waals surface area (Å²) in [5.41, 5.74) is 7.32. The summed E-state index contributed by atoms with van der Waals surface area (Å²) in [7, 11) is -0.201. The van der Waals surface area contributed by atoms with E-state index in [1.165, 1.54) is 23.8 Å². The molecule has 0 saturated carbocycles. The van der Waals surface area contributed by atoms with E-state index in [4.69, 9.17) is 19.9 Å². The predicted octanol–water partition coefficient (Wildman–Crippen LogP) is 4.72. The summed E-state index contributed by atoms with van der Waals surface area (Å²) in [4.78, 5) is 79.1. The van der Waals surface area contributed by atoms with Gasteiger partial charge in [-0.15, -0.1) is 0 Å². The molecular formula is C59H96N10O11S. The van der Waals surface area contributed by atoms with E-state index in [-0.39, 0.29) is 115 Å². The topological polar surface area (TPSA) is 281 Å². The quantitative estimate of drug-likeness (QED) is 0.0258. The lowest BCUT2D eigenvalue weighted by Gasteiger charge is -2.44. The van der Waals surface area contributed by atoms with Gasteiger partial charge < -0.3 is 56.7 Å². The fourth-order valence-corrected chi connectivity index (χ4v) is 10.6. The van der Waals surface area contributed by atoms with Crippen LogP contribution < -0.4 is 42.4 Å². The van der Waals surface area contributed by atoms with Crippen molar-refractivity contribution in [2.75, 3.05) is 78.7 Å². The van der Waals surface area contributed by atoms with Gasteiger partial charge in [-0.05, 0) is 93.8 Å². The van der Waals surface area contributed by atoms with E-state index >= 15 is 0 Å². The average molecular weight is 1150 g/mol. The number of rotatable bonds is 37. The van der Waals surface area contributed by atoms with E-state index in [1.807, 2.05) is 40.8 Å². The summed E-state index contributed by atoms with van der Waals surface area (Å²) in [6.45, 7) is 26.6. The number of benzene rings is 2. The second-order valence-corrected chi connectivity index (χ2v) is 24.8. The Bertz CT molecular complexity index is 2520. The number of urea groups is 1. The smallest absolute Gasteiger partial charge is 0.312 e. The molecule has 0 bridgehead atoms. The first-order chi connectivity index (χ1) is 38.0. The minimum atomic E-state index is -4.35. The maximum Gasteiger partial charge on any atom is 0.312 e. The molecule has 0 radical (unpaired) electrons. The van der Waals surface area contributed by atoms with Crippen LogP contribution in [0.1, 0.15) is 113 Å². The largest absolute Gasteiger partial charge is 0.379 e. The van der Waals surface area contributed by atoms with Crippen molar-refractivity contribution in [1.29, 1.82) is 0 Å². The van der Waals surface area contributed by atoms with Crippen LogP contribution in [-0.4, -0.2) is 164 Å². The van der Waals surface area contributed by atoms with Crippen LogP contribution in [0.25, 0.3) is 0 Å². The number of imide groups is 1. The van der Waals surface area contributed by atoms with Crippen LogP contribution in [-0.2, 0) is 60.0 Å². The van der Waals surface area contributed by atoms with E-state index in [0.29, 0.717) is 43.6 Å². The molecule has 2 aromatic rings. The van der Waals surface area contributed by atoms with Gasteiger partial charge in [-0.3, -0.25) is 28.9 Å². The number of carbonyl (C=O) groups is 6. The van der Waals surface area contributed by atoms with Crippen LogP contribution in [0.15, 0.2) is 77.2 Å². The third-order valence-electron chi connectivity index (χ3n) is 14.5. The van der Waals surface area contributed by atoms with Crippen molar-refractivity contribution in [2.24, 2.45) is 23.0 Å². The monoisotopic (exact) mass is 1150 g/mol. The van der Waals surface area contributed by atoms with Crippen LogP contribution >= 0.6 is 0 Å². The lowest BCUT2D eigenvalue weighted by Crippen LogP contribution is -2.56. The number of hydrogen-bond acceptors (Lipinski definition) is 15. The molecule has 0 aliphatic carbocycles. The van der Waals surface area contributed by atoms with Gasteiger partial charge in [-0.2, -0.15) is 0 Å². The molecule has 1 aliphatic rings. The number of carbonyl (C=O) groups excluding carboxylic acids is 6. The molecule has 0 aromatic heterocycles. The van der Waals surface area contributed by atoms with Crippen molar-refractivity contribution in [3.63, 3.8) is 0 Å². The Labute approximate surface area is 482 Å². The van der Waals surface area contributed by atoms with Gasteiger partial charge in [0.05, 0.1) is 44.5 Å². The minimum absolute atomic E-state index is 0.0281. The molecule has 22 heteroatoms. The Balaban J connectivity index is 1.56. The number of nitrogens with zero attached hydrogens (tertiary/aromatic N) is 2. The van der Waals surface area contributed by atoms with Gasteiger partial charge in [0.2, 0.25) is 11.8 Å². The maximum atomic E-state index is 13.8. The number of amides is 7. The molecule has 1 unspecified atom stereocenters. The van der Waals surface area contributed by atoms with E-state index < -0.39 is 46.0 Å². The summed E-state index contributed by atoms with van der Waals surface area (Å²) >= 11 is 0. The summed E-state index contributed by atoms with van der Waals surface area (Å²) in [6, 6.07) is 13.3. The highest BCUT2D eigenvalue weighted by molar-refractivity contribution is 7.90. The third-order valence-corrected chi connectivity index (χ3v) is 15.9. The molecule has 3 rings (SSSR count). The van der Waals surface area contributed by atoms with Gasteiger partial charge in [0.15, 0.2) is 0 Å². The van der Waals surface area contributed by atoms with Crippen LogP contribution in [0.3, 0.4) is 0 Å². The van der Waals surface area contributed by atoms with E-state index in [2.05, 4.69) is 121 Å². The fourth-order valence-electron chi connectivity index (χ4n) is 9.48. The Kier molecular flexibility index (Phi) is 28.6.